The van der Waals surface area contributed by atoms with E-state index in [1.54, 1.807) is 6.92 Å². The molecule has 8 heteroatoms. The number of hydrogen-bond acceptors (Lipinski definition) is 4. The Bertz CT molecular complexity index is 611. The number of carbonyl (C=O) groups is 2. The highest BCUT2D eigenvalue weighted by Gasteiger charge is 2.24. The summed E-state index contributed by atoms with van der Waals surface area (Å²) in [6.45, 7) is 2.14. The predicted molar refractivity (Wildman–Crippen MR) is 87.5 cm³/mol. The van der Waals surface area contributed by atoms with Gasteiger partial charge in [-0.2, -0.15) is 0 Å². The van der Waals surface area contributed by atoms with Gasteiger partial charge in [-0.1, -0.05) is 6.07 Å². The molecule has 6 nitrogen and oxygen atoms in total. The van der Waals surface area contributed by atoms with Gasteiger partial charge in [0, 0.05) is 0 Å². The van der Waals surface area contributed by atoms with Gasteiger partial charge in [-0.25, -0.2) is 9.59 Å². The maximum absolute atomic E-state index is 11.9. The molecule has 22 heavy (non-hydrogen) atoms. The second-order valence-electron chi connectivity index (χ2n) is 4.32. The molecule has 0 radical (unpaired) electrons. The van der Waals surface area contributed by atoms with E-state index < -0.39 is 5.97 Å². The number of benzene rings is 1. The molecule has 0 fully saturated rings. The Hall–Kier alpha value is -1.54. The van der Waals surface area contributed by atoms with Crippen molar-refractivity contribution >= 4 is 43.9 Å². The number of carbonyl (C=O) groups excluding carboxylic acids is 2. The van der Waals surface area contributed by atoms with Crippen LogP contribution in [0.2, 0.25) is 0 Å². The predicted octanol–water partition coefficient (Wildman–Crippen LogP) is 2.72. The molecule has 2 N–H and O–H groups in total. The summed E-state index contributed by atoms with van der Waals surface area (Å²) in [5.74, 6) is 0.116. The monoisotopic (exact) mass is 432 g/mol. The van der Waals surface area contributed by atoms with E-state index in [-0.39, 0.29) is 25.8 Å². The molecule has 0 aromatic heterocycles. The molecule has 1 aliphatic rings. The lowest BCUT2D eigenvalue weighted by Crippen LogP contribution is -2.45. The first-order chi connectivity index (χ1) is 10.5. The average molecular weight is 434 g/mol. The zero-order valence-corrected chi connectivity index (χ0v) is 14.9. The summed E-state index contributed by atoms with van der Waals surface area (Å²) in [5, 5.41) is 5.13. The fourth-order valence-corrected chi connectivity index (χ4v) is 3.06. The van der Waals surface area contributed by atoms with Crippen LogP contribution < -0.4 is 15.4 Å². The second-order valence-corrected chi connectivity index (χ2v) is 6.03. The third-order valence-electron chi connectivity index (χ3n) is 2.86. The van der Waals surface area contributed by atoms with Crippen molar-refractivity contribution in [3.63, 3.8) is 0 Å². The summed E-state index contributed by atoms with van der Waals surface area (Å²) in [6.07, 6.45) is 0. The third kappa shape index (κ3) is 4.01. The number of rotatable bonds is 5. The fraction of sp³-hybridized carbons (Fsp3) is 0.286. The van der Waals surface area contributed by atoms with Crippen molar-refractivity contribution in [2.24, 2.45) is 0 Å². The number of amides is 2. The quantitative estimate of drug-likeness (QED) is 0.700. The van der Waals surface area contributed by atoms with Crippen molar-refractivity contribution in [1.82, 2.24) is 10.6 Å². The molecule has 0 atom stereocenters. The normalized spacial score (nSPS) is 14.2. The van der Waals surface area contributed by atoms with Crippen LogP contribution in [-0.4, -0.2) is 31.8 Å². The smallest absolute Gasteiger partial charge is 0.337 e. The van der Waals surface area contributed by atoms with Gasteiger partial charge in [0.25, 0.3) is 0 Å². The molecule has 118 valence electrons. The highest BCUT2D eigenvalue weighted by Crippen LogP contribution is 2.33. The van der Waals surface area contributed by atoms with E-state index in [0.29, 0.717) is 17.0 Å². The number of hydrogen-bond donors (Lipinski definition) is 2. The number of ether oxygens (including phenoxy) is 2. The number of urea groups is 1. The molecular formula is C14H14Br2N2O4. The van der Waals surface area contributed by atoms with E-state index in [1.165, 1.54) is 0 Å². The lowest BCUT2D eigenvalue weighted by Gasteiger charge is -2.21. The zero-order valence-electron chi connectivity index (χ0n) is 11.7. The van der Waals surface area contributed by atoms with Crippen molar-refractivity contribution in [2.75, 3.05) is 19.8 Å². The molecule has 0 spiro atoms. The van der Waals surface area contributed by atoms with Gasteiger partial charge in [0.15, 0.2) is 0 Å². The van der Waals surface area contributed by atoms with Crippen molar-refractivity contribution in [1.29, 1.82) is 0 Å². The van der Waals surface area contributed by atoms with E-state index in [0.717, 1.165) is 8.95 Å². The summed E-state index contributed by atoms with van der Waals surface area (Å²) in [7, 11) is 0. The van der Waals surface area contributed by atoms with Gasteiger partial charge in [-0.15, -0.1) is 0 Å². The van der Waals surface area contributed by atoms with Crippen LogP contribution in [0.5, 0.6) is 5.75 Å². The molecule has 2 rings (SSSR count). The van der Waals surface area contributed by atoms with E-state index >= 15 is 0 Å². The lowest BCUT2D eigenvalue weighted by atomic mass is 10.1. The van der Waals surface area contributed by atoms with Gasteiger partial charge in [-0.05, 0) is 50.9 Å². The molecular weight excluding hydrogens is 420 g/mol. The van der Waals surface area contributed by atoms with Crippen LogP contribution in [0, 0.1) is 0 Å². The summed E-state index contributed by atoms with van der Waals surface area (Å²) < 4.78 is 12.2. The van der Waals surface area contributed by atoms with Gasteiger partial charge in [-0.3, -0.25) is 0 Å². The van der Waals surface area contributed by atoms with Crippen LogP contribution >= 0.6 is 31.9 Å². The van der Waals surface area contributed by atoms with Crippen LogP contribution in [0.3, 0.4) is 0 Å². The first-order valence-electron chi connectivity index (χ1n) is 6.53. The first-order valence-corrected chi connectivity index (χ1v) is 8.12. The van der Waals surface area contributed by atoms with Crippen molar-refractivity contribution in [3.05, 3.63) is 38.4 Å². The molecule has 0 unspecified atom stereocenters. The van der Waals surface area contributed by atoms with E-state index in [2.05, 4.69) is 42.5 Å². The molecule has 2 amide bonds. The fourth-order valence-electron chi connectivity index (χ4n) is 1.83. The Labute approximate surface area is 144 Å². The highest BCUT2D eigenvalue weighted by molar-refractivity contribution is 9.11. The Morgan fingerprint density at radius 1 is 1.32 bits per heavy atom. The Morgan fingerprint density at radius 2 is 2.00 bits per heavy atom. The minimum atomic E-state index is -0.472. The lowest BCUT2D eigenvalue weighted by molar-refractivity contribution is -0.138. The number of para-hydroxylation sites is 1. The molecule has 0 bridgehead atoms. The third-order valence-corrected chi connectivity index (χ3v) is 4.10. The second kappa shape index (κ2) is 7.64. The minimum Gasteiger partial charge on any atom is -0.485 e. The number of esters is 1. The maximum Gasteiger partial charge on any atom is 0.337 e. The minimum absolute atomic E-state index is 0.0444. The molecule has 0 saturated heterocycles. The molecule has 1 aromatic rings. The van der Waals surface area contributed by atoms with E-state index in [1.807, 2.05) is 18.2 Å². The Kier molecular flexibility index (Phi) is 5.84. The molecule has 1 heterocycles. The summed E-state index contributed by atoms with van der Waals surface area (Å²) in [5.41, 5.74) is 0.745. The van der Waals surface area contributed by atoms with Gasteiger partial charge < -0.3 is 20.1 Å². The Balaban J connectivity index is 2.19. The van der Waals surface area contributed by atoms with E-state index in [9.17, 15) is 9.59 Å². The molecule has 0 saturated carbocycles. The summed E-state index contributed by atoms with van der Waals surface area (Å²) in [4.78, 5) is 23.4. The first kappa shape index (κ1) is 16.8. The number of halogens is 2. The average Bonchev–Trinajstić information content (AvgIpc) is 2.47. The largest absolute Gasteiger partial charge is 0.485 e. The summed E-state index contributed by atoms with van der Waals surface area (Å²) in [6, 6.07) is 5.15. The SMILES string of the molecule is CCOC(=O)C1=C(COc2c(Br)cccc2Br)NC(=O)NC1. The highest BCUT2D eigenvalue weighted by atomic mass is 79.9. The summed E-state index contributed by atoms with van der Waals surface area (Å²) >= 11 is 6.78. The van der Waals surface area contributed by atoms with E-state index in [4.69, 9.17) is 9.47 Å². The van der Waals surface area contributed by atoms with Crippen molar-refractivity contribution in [3.8, 4) is 5.75 Å². The zero-order chi connectivity index (χ0) is 16.1. The topological polar surface area (TPSA) is 76.7 Å². The Morgan fingerprint density at radius 3 is 2.64 bits per heavy atom. The van der Waals surface area contributed by atoms with Crippen LogP contribution in [0.25, 0.3) is 0 Å². The van der Waals surface area contributed by atoms with Gasteiger partial charge in [0.05, 0.1) is 33.4 Å². The van der Waals surface area contributed by atoms with Crippen molar-refractivity contribution < 1.29 is 19.1 Å². The van der Waals surface area contributed by atoms with Crippen molar-refractivity contribution in [2.45, 2.75) is 6.92 Å². The van der Waals surface area contributed by atoms with Gasteiger partial charge in [0.2, 0.25) is 0 Å². The van der Waals surface area contributed by atoms with Gasteiger partial charge in [0.1, 0.15) is 12.4 Å². The van der Waals surface area contributed by atoms with Crippen LogP contribution in [0.4, 0.5) is 4.79 Å². The standard InChI is InChI=1S/C14H14Br2N2O4/c1-2-21-13(19)8-6-17-14(20)18-11(8)7-22-12-9(15)4-3-5-10(12)16/h3-5H,2,6-7H2,1H3,(H2,17,18,20). The molecule has 1 aliphatic heterocycles. The van der Waals surface area contributed by atoms with Crippen LogP contribution in [0.1, 0.15) is 6.92 Å². The molecule has 1 aromatic carbocycles. The molecule has 0 aliphatic carbocycles. The maximum atomic E-state index is 11.9. The van der Waals surface area contributed by atoms with Crippen LogP contribution in [0.15, 0.2) is 38.4 Å². The van der Waals surface area contributed by atoms with Gasteiger partial charge >= 0.3 is 12.0 Å². The number of nitrogens with one attached hydrogen (secondary N) is 2. The van der Waals surface area contributed by atoms with Crippen LogP contribution in [-0.2, 0) is 9.53 Å².